The monoisotopic (exact) mass is 203 g/mol. The molecule has 0 aromatic carbocycles. The summed E-state index contributed by atoms with van der Waals surface area (Å²) in [7, 11) is 1.35. The summed E-state index contributed by atoms with van der Waals surface area (Å²) in [6.07, 6.45) is 1.23. The van der Waals surface area contributed by atoms with E-state index in [0.29, 0.717) is 0 Å². The Morgan fingerprint density at radius 1 is 1.64 bits per heavy atom. The maximum Gasteiger partial charge on any atom is 0.308 e. The standard InChI is InChI=1S/C9H17NO4/c1-13-9(12)4-6-2-3-7(10)8(5-11)14-6/h6-8,11H,2-5,10H2,1H3/t6-,7+,8-/m1/s1. The van der Waals surface area contributed by atoms with Crippen LogP contribution in [0.5, 0.6) is 0 Å². The van der Waals surface area contributed by atoms with Crippen molar-refractivity contribution in [3.05, 3.63) is 0 Å². The van der Waals surface area contributed by atoms with E-state index in [1.54, 1.807) is 0 Å². The van der Waals surface area contributed by atoms with Gasteiger partial charge in [-0.2, -0.15) is 0 Å². The summed E-state index contributed by atoms with van der Waals surface area (Å²) in [5.74, 6) is -0.290. The van der Waals surface area contributed by atoms with Crippen LogP contribution >= 0.6 is 0 Å². The van der Waals surface area contributed by atoms with Gasteiger partial charge in [-0.1, -0.05) is 0 Å². The lowest BCUT2D eigenvalue weighted by Crippen LogP contribution is -2.46. The van der Waals surface area contributed by atoms with Crippen LogP contribution in [0.2, 0.25) is 0 Å². The Hall–Kier alpha value is -0.650. The van der Waals surface area contributed by atoms with Gasteiger partial charge in [-0.3, -0.25) is 4.79 Å². The van der Waals surface area contributed by atoms with Crippen molar-refractivity contribution >= 4 is 5.97 Å². The van der Waals surface area contributed by atoms with Crippen molar-refractivity contribution in [3.8, 4) is 0 Å². The molecule has 0 aromatic heterocycles. The first-order chi connectivity index (χ1) is 6.67. The Kier molecular flexibility index (Phi) is 4.31. The van der Waals surface area contributed by atoms with E-state index < -0.39 is 0 Å². The number of hydrogen-bond donors (Lipinski definition) is 2. The van der Waals surface area contributed by atoms with Gasteiger partial charge >= 0.3 is 5.97 Å². The van der Waals surface area contributed by atoms with E-state index in [2.05, 4.69) is 4.74 Å². The van der Waals surface area contributed by atoms with E-state index in [1.165, 1.54) is 7.11 Å². The average Bonchev–Trinajstić information content (AvgIpc) is 2.20. The molecule has 1 rings (SSSR count). The number of nitrogens with two attached hydrogens (primary N) is 1. The van der Waals surface area contributed by atoms with Crippen molar-refractivity contribution in [1.29, 1.82) is 0 Å². The third kappa shape index (κ3) is 2.94. The molecule has 5 nitrogen and oxygen atoms in total. The van der Waals surface area contributed by atoms with Gasteiger partial charge in [-0.05, 0) is 12.8 Å². The van der Waals surface area contributed by atoms with Crippen LogP contribution in [0.3, 0.4) is 0 Å². The molecular formula is C9H17NO4. The van der Waals surface area contributed by atoms with Gasteiger partial charge in [0, 0.05) is 6.04 Å². The quantitative estimate of drug-likeness (QED) is 0.599. The fourth-order valence-electron chi connectivity index (χ4n) is 1.58. The highest BCUT2D eigenvalue weighted by Gasteiger charge is 2.29. The largest absolute Gasteiger partial charge is 0.469 e. The maximum absolute atomic E-state index is 11.0. The molecule has 0 unspecified atom stereocenters. The van der Waals surface area contributed by atoms with E-state index in [0.717, 1.165) is 12.8 Å². The van der Waals surface area contributed by atoms with E-state index in [9.17, 15) is 4.79 Å². The van der Waals surface area contributed by atoms with E-state index >= 15 is 0 Å². The van der Waals surface area contributed by atoms with Crippen LogP contribution in [0.1, 0.15) is 19.3 Å². The van der Waals surface area contributed by atoms with Gasteiger partial charge in [0.2, 0.25) is 0 Å². The number of methoxy groups -OCH3 is 1. The third-order valence-electron chi connectivity index (χ3n) is 2.47. The summed E-state index contributed by atoms with van der Waals surface area (Å²) in [6.45, 7) is -0.0984. The highest BCUT2D eigenvalue weighted by atomic mass is 16.5. The number of aliphatic hydroxyl groups is 1. The second kappa shape index (κ2) is 5.29. The van der Waals surface area contributed by atoms with Crippen molar-refractivity contribution in [2.24, 2.45) is 5.73 Å². The Bertz CT molecular complexity index is 197. The molecule has 1 heterocycles. The zero-order valence-corrected chi connectivity index (χ0v) is 8.31. The smallest absolute Gasteiger partial charge is 0.308 e. The fourth-order valence-corrected chi connectivity index (χ4v) is 1.58. The van der Waals surface area contributed by atoms with Crippen LogP contribution in [-0.4, -0.2) is 43.0 Å². The summed E-state index contributed by atoms with van der Waals surface area (Å²) >= 11 is 0. The topological polar surface area (TPSA) is 81.8 Å². The Morgan fingerprint density at radius 2 is 2.36 bits per heavy atom. The lowest BCUT2D eigenvalue weighted by Gasteiger charge is -2.33. The summed E-state index contributed by atoms with van der Waals surface area (Å²) in [6, 6.07) is -0.131. The Morgan fingerprint density at radius 3 is 2.93 bits per heavy atom. The summed E-state index contributed by atoms with van der Waals surface area (Å²) in [5, 5.41) is 8.95. The Labute approximate surface area is 83.2 Å². The zero-order valence-electron chi connectivity index (χ0n) is 8.31. The van der Waals surface area contributed by atoms with Crippen LogP contribution < -0.4 is 5.73 Å². The lowest BCUT2D eigenvalue weighted by atomic mass is 9.98. The van der Waals surface area contributed by atoms with Crippen LogP contribution in [0.15, 0.2) is 0 Å². The molecule has 0 amide bonds. The predicted molar refractivity (Wildman–Crippen MR) is 49.6 cm³/mol. The lowest BCUT2D eigenvalue weighted by molar-refractivity contribution is -0.148. The molecule has 0 saturated carbocycles. The minimum atomic E-state index is -0.349. The first-order valence-corrected chi connectivity index (χ1v) is 4.76. The molecule has 5 heteroatoms. The van der Waals surface area contributed by atoms with Gasteiger partial charge in [0.15, 0.2) is 0 Å². The summed E-state index contributed by atoms with van der Waals surface area (Å²) in [4.78, 5) is 11.0. The van der Waals surface area contributed by atoms with E-state index in [1.807, 2.05) is 0 Å². The molecule has 1 aliphatic heterocycles. The zero-order chi connectivity index (χ0) is 10.6. The summed E-state index contributed by atoms with van der Waals surface area (Å²) in [5.41, 5.74) is 5.71. The highest BCUT2D eigenvalue weighted by molar-refractivity contribution is 5.69. The molecule has 0 aromatic rings. The Balaban J connectivity index is 2.38. The minimum absolute atomic E-state index is 0.0984. The molecule has 1 saturated heterocycles. The molecule has 3 atom stereocenters. The molecule has 3 N–H and O–H groups in total. The van der Waals surface area contributed by atoms with Gasteiger partial charge in [-0.25, -0.2) is 0 Å². The summed E-state index contributed by atoms with van der Waals surface area (Å²) < 4.78 is 9.98. The van der Waals surface area contributed by atoms with E-state index in [-0.39, 0.29) is 37.2 Å². The number of carbonyl (C=O) groups excluding carboxylic acids is 1. The molecule has 0 radical (unpaired) electrons. The van der Waals surface area contributed by atoms with Gasteiger partial charge < -0.3 is 20.3 Å². The van der Waals surface area contributed by atoms with Crippen molar-refractivity contribution in [3.63, 3.8) is 0 Å². The molecule has 0 spiro atoms. The second-order valence-corrected chi connectivity index (χ2v) is 3.50. The molecule has 82 valence electrons. The van der Waals surface area contributed by atoms with Gasteiger partial charge in [-0.15, -0.1) is 0 Å². The number of carbonyl (C=O) groups is 1. The molecule has 1 aliphatic rings. The first kappa shape index (κ1) is 11.4. The SMILES string of the molecule is COC(=O)C[C@H]1CC[C@H](N)[C@@H](CO)O1. The molecule has 0 bridgehead atoms. The number of aliphatic hydroxyl groups excluding tert-OH is 1. The number of hydrogen-bond acceptors (Lipinski definition) is 5. The van der Waals surface area contributed by atoms with E-state index in [4.69, 9.17) is 15.6 Å². The first-order valence-electron chi connectivity index (χ1n) is 4.76. The minimum Gasteiger partial charge on any atom is -0.469 e. The number of ether oxygens (including phenoxy) is 2. The van der Waals surface area contributed by atoms with Gasteiger partial charge in [0.1, 0.15) is 0 Å². The average molecular weight is 203 g/mol. The molecule has 1 fully saturated rings. The van der Waals surface area contributed by atoms with Crippen molar-refractivity contribution in [2.45, 2.75) is 37.5 Å². The van der Waals surface area contributed by atoms with Crippen molar-refractivity contribution in [1.82, 2.24) is 0 Å². The molecular weight excluding hydrogens is 186 g/mol. The predicted octanol–water partition coefficient (Wildman–Crippen LogP) is -0.583. The van der Waals surface area contributed by atoms with Crippen LogP contribution in [0.4, 0.5) is 0 Å². The van der Waals surface area contributed by atoms with Crippen LogP contribution in [0, 0.1) is 0 Å². The molecule has 0 aliphatic carbocycles. The van der Waals surface area contributed by atoms with Crippen LogP contribution in [0.25, 0.3) is 0 Å². The normalized spacial score (nSPS) is 32.6. The molecule has 14 heavy (non-hydrogen) atoms. The number of esters is 1. The third-order valence-corrected chi connectivity index (χ3v) is 2.47. The van der Waals surface area contributed by atoms with Gasteiger partial charge in [0.25, 0.3) is 0 Å². The van der Waals surface area contributed by atoms with Crippen molar-refractivity contribution in [2.75, 3.05) is 13.7 Å². The highest BCUT2D eigenvalue weighted by Crippen LogP contribution is 2.20. The fraction of sp³-hybridized carbons (Fsp3) is 0.889. The van der Waals surface area contributed by atoms with Crippen molar-refractivity contribution < 1.29 is 19.4 Å². The number of rotatable bonds is 3. The maximum atomic E-state index is 11.0. The second-order valence-electron chi connectivity index (χ2n) is 3.50. The van der Waals surface area contributed by atoms with Crippen LogP contribution in [-0.2, 0) is 14.3 Å². The van der Waals surface area contributed by atoms with Gasteiger partial charge in [0.05, 0.1) is 32.3 Å².